The number of nitrogens with zero attached hydrogens (tertiary/aromatic N) is 6. The van der Waals surface area contributed by atoms with Crippen LogP contribution in [-0.2, 0) is 0 Å². The minimum atomic E-state index is 0.122. The highest BCUT2D eigenvalue weighted by molar-refractivity contribution is 6.22. The van der Waals surface area contributed by atoms with E-state index in [0.717, 1.165) is 121 Å². The zero-order chi connectivity index (χ0) is 51.1. The van der Waals surface area contributed by atoms with Crippen molar-refractivity contribution in [3.63, 3.8) is 0 Å². The summed E-state index contributed by atoms with van der Waals surface area (Å²) in [6.07, 6.45) is 0. The summed E-state index contributed by atoms with van der Waals surface area (Å²) in [5.41, 5.74) is 15.5. The summed E-state index contributed by atoms with van der Waals surface area (Å²) >= 11 is 0. The highest BCUT2D eigenvalue weighted by Gasteiger charge is 2.32. The monoisotopic (exact) mass is 985 g/mol. The molecule has 11 aromatic carbocycles. The first-order valence-electron chi connectivity index (χ1n) is 26.1. The summed E-state index contributed by atoms with van der Waals surface area (Å²) in [6.45, 7) is 2.14. The molecule has 0 aliphatic carbocycles. The van der Waals surface area contributed by atoms with Crippen LogP contribution in [0, 0.1) is 5.41 Å². The van der Waals surface area contributed by atoms with E-state index in [-0.39, 0.29) is 5.84 Å². The number of nitrogens with one attached hydrogen (secondary N) is 1. The van der Waals surface area contributed by atoms with Crippen LogP contribution in [0.1, 0.15) is 23.6 Å². The first-order valence-corrected chi connectivity index (χ1v) is 26.1. The smallest absolute Gasteiger partial charge is 0.161 e. The second kappa shape index (κ2) is 17.6. The molecule has 0 fully saturated rings. The number of rotatable bonds is 7. The van der Waals surface area contributed by atoms with Crippen LogP contribution in [0.2, 0.25) is 0 Å². The maximum Gasteiger partial charge on any atom is 0.161 e. The van der Waals surface area contributed by atoms with Gasteiger partial charge in [0.05, 0.1) is 72.6 Å². The Bertz CT molecular complexity index is 4480. The van der Waals surface area contributed by atoms with Gasteiger partial charge in [0.15, 0.2) is 11.7 Å². The zero-order valence-corrected chi connectivity index (χ0v) is 42.0. The molecule has 0 radical (unpaired) electrons. The fourth-order valence-corrected chi connectivity index (χ4v) is 12.2. The zero-order valence-electron chi connectivity index (χ0n) is 42.0. The third kappa shape index (κ3) is 6.80. The molecule has 4 heterocycles. The molecule has 0 saturated carbocycles. The Morgan fingerprint density at radius 1 is 0.299 bits per heavy atom. The van der Waals surface area contributed by atoms with Gasteiger partial charge in [-0.3, -0.25) is 5.41 Å². The van der Waals surface area contributed by atoms with Crippen LogP contribution in [0.25, 0.3) is 110 Å². The topological polar surface area (TPSA) is 68.3 Å². The lowest BCUT2D eigenvalue weighted by atomic mass is 9.99. The van der Waals surface area contributed by atoms with Gasteiger partial charge in [-0.15, -0.1) is 0 Å². The summed E-state index contributed by atoms with van der Waals surface area (Å²) in [5, 5.41) is 18.7. The molecule has 4 aromatic heterocycles. The largest absolute Gasteiger partial charge is 0.307 e. The Hall–Kier alpha value is -10.4. The van der Waals surface area contributed by atoms with Gasteiger partial charge in [0.25, 0.3) is 0 Å². The van der Waals surface area contributed by atoms with Gasteiger partial charge in [0.1, 0.15) is 0 Å². The number of amidine groups is 2. The number of aliphatic imine (C=N–C) groups is 2. The van der Waals surface area contributed by atoms with Crippen molar-refractivity contribution in [1.29, 1.82) is 5.41 Å². The molecule has 0 aliphatic heterocycles. The van der Waals surface area contributed by atoms with E-state index in [4.69, 9.17) is 9.98 Å². The van der Waals surface area contributed by atoms with Gasteiger partial charge in [-0.05, 0) is 61.5 Å². The number of para-hydroxylation sites is 8. The normalized spacial score (nSPS) is 12.4. The van der Waals surface area contributed by atoms with E-state index in [2.05, 4.69) is 225 Å². The van der Waals surface area contributed by atoms with Crippen molar-refractivity contribution in [2.45, 2.75) is 6.92 Å². The van der Waals surface area contributed by atoms with Gasteiger partial charge in [-0.2, -0.15) is 0 Å². The van der Waals surface area contributed by atoms with Gasteiger partial charge in [0, 0.05) is 59.8 Å². The van der Waals surface area contributed by atoms with Gasteiger partial charge >= 0.3 is 0 Å². The number of aromatic nitrogens is 4. The van der Waals surface area contributed by atoms with E-state index in [1.165, 1.54) is 0 Å². The molecule has 0 bridgehead atoms. The lowest BCUT2D eigenvalue weighted by Gasteiger charge is -2.28. The van der Waals surface area contributed by atoms with E-state index in [1.54, 1.807) is 0 Å². The average molecular weight is 986 g/mol. The summed E-state index contributed by atoms with van der Waals surface area (Å²) in [7, 11) is 0. The van der Waals surface area contributed by atoms with Gasteiger partial charge in [-0.1, -0.05) is 206 Å². The molecule has 0 aliphatic rings. The van der Waals surface area contributed by atoms with E-state index in [0.29, 0.717) is 17.1 Å². The van der Waals surface area contributed by atoms with Crippen LogP contribution in [-0.4, -0.2) is 35.7 Å². The first-order chi connectivity index (χ1) is 38.1. The van der Waals surface area contributed by atoms with Crippen molar-refractivity contribution in [1.82, 2.24) is 18.3 Å². The van der Waals surface area contributed by atoms with Gasteiger partial charge in [0.2, 0.25) is 0 Å². The van der Waals surface area contributed by atoms with E-state index in [9.17, 15) is 5.41 Å². The summed E-state index contributed by atoms with van der Waals surface area (Å²) < 4.78 is 9.92. The molecule has 15 rings (SSSR count). The molecule has 0 atom stereocenters. The second-order valence-corrected chi connectivity index (χ2v) is 19.7. The molecule has 7 heteroatoms. The Labute approximate surface area is 443 Å². The molecule has 0 unspecified atom stereocenters. The summed E-state index contributed by atoms with van der Waals surface area (Å²) in [6, 6.07) is 92.5. The number of benzene rings is 11. The van der Waals surface area contributed by atoms with Crippen molar-refractivity contribution >= 4 is 105 Å². The molecule has 0 spiro atoms. The fraction of sp³-hybridized carbons (Fsp3) is 0.0143. The van der Waals surface area contributed by atoms with Crippen molar-refractivity contribution < 1.29 is 0 Å². The second-order valence-electron chi connectivity index (χ2n) is 19.7. The van der Waals surface area contributed by atoms with Crippen molar-refractivity contribution in [2.24, 2.45) is 9.98 Å². The molecule has 77 heavy (non-hydrogen) atoms. The van der Waals surface area contributed by atoms with Crippen LogP contribution in [0.3, 0.4) is 0 Å². The highest BCUT2D eigenvalue weighted by atomic mass is 15.1. The molecular formula is C70H47N7. The lowest BCUT2D eigenvalue weighted by molar-refractivity contribution is 1.04. The molecule has 7 nitrogen and oxygen atoms in total. The van der Waals surface area contributed by atoms with E-state index < -0.39 is 0 Å². The average Bonchev–Trinajstić information content (AvgIpc) is 4.44. The number of hydrogen-bond donors (Lipinski definition) is 1. The van der Waals surface area contributed by atoms with Crippen molar-refractivity contribution in [3.05, 3.63) is 278 Å². The third-order valence-electron chi connectivity index (χ3n) is 15.4. The van der Waals surface area contributed by atoms with E-state index in [1.807, 2.05) is 60.7 Å². The Balaban J connectivity index is 1.24. The summed E-state index contributed by atoms with van der Waals surface area (Å²) in [5.74, 6) is 0.551. The SMILES string of the molecule is CC(=NC(=NC(=N)c1ccccc1)c1ccccc1)c1c(-n2c3ccccc3c3ccccc32)c(-n2c3ccccc3c3ccccc32)cc(-n2c3ccccc3c3ccccc32)c1-n1c2ccccc2c2ccccc21. The van der Waals surface area contributed by atoms with Crippen LogP contribution < -0.4 is 0 Å². The third-order valence-corrected chi connectivity index (χ3v) is 15.4. The van der Waals surface area contributed by atoms with Crippen LogP contribution >= 0.6 is 0 Å². The van der Waals surface area contributed by atoms with Crippen LogP contribution in [0.4, 0.5) is 0 Å². The molecule has 15 aromatic rings. The highest BCUT2D eigenvalue weighted by Crippen LogP contribution is 2.47. The molecule has 0 amide bonds. The summed E-state index contributed by atoms with van der Waals surface area (Å²) in [4.78, 5) is 11.0. The molecule has 362 valence electrons. The predicted octanol–water partition coefficient (Wildman–Crippen LogP) is 17.4. The fourth-order valence-electron chi connectivity index (χ4n) is 12.2. The Morgan fingerprint density at radius 3 is 0.870 bits per heavy atom. The van der Waals surface area contributed by atoms with E-state index >= 15 is 0 Å². The van der Waals surface area contributed by atoms with Crippen LogP contribution in [0.15, 0.2) is 271 Å². The van der Waals surface area contributed by atoms with Crippen molar-refractivity contribution in [2.75, 3.05) is 0 Å². The minimum Gasteiger partial charge on any atom is -0.307 e. The number of fused-ring (bicyclic) bond motifs is 12. The maximum absolute atomic E-state index is 9.52. The maximum atomic E-state index is 9.52. The molecule has 0 saturated heterocycles. The quantitative estimate of drug-likeness (QED) is 0.122. The first kappa shape index (κ1) is 44.1. The predicted molar refractivity (Wildman–Crippen MR) is 322 cm³/mol. The minimum absolute atomic E-state index is 0.122. The Kier molecular flexibility index (Phi) is 10.1. The van der Waals surface area contributed by atoms with Gasteiger partial charge < -0.3 is 18.3 Å². The number of hydrogen-bond acceptors (Lipinski definition) is 1. The molecular weight excluding hydrogens is 939 g/mol. The molecule has 1 N–H and O–H groups in total. The van der Waals surface area contributed by atoms with Crippen LogP contribution in [0.5, 0.6) is 0 Å². The standard InChI is InChI=1S/C70H47N7/c1-45(72-70(47-26-6-3-7-27-47)73-69(71)46-24-4-2-5-25-46)66-67(76-60-40-20-12-32-52(60)53-33-13-21-41-61(53)76)64(74-56-36-16-8-28-48(56)49-29-9-17-37-57(49)74)44-65(75-58-38-18-10-30-50(58)51-31-11-19-39-59(51)75)68(66)77-62-42-22-14-34-54(62)55-35-15-23-43-63(55)77/h2-44,71H,1H3. The van der Waals surface area contributed by atoms with Crippen molar-refractivity contribution in [3.8, 4) is 22.7 Å². The lowest BCUT2D eigenvalue weighted by Crippen LogP contribution is -2.18. The Morgan fingerprint density at radius 2 is 0.558 bits per heavy atom. The van der Waals surface area contributed by atoms with Gasteiger partial charge in [-0.25, -0.2) is 9.98 Å².